The molecule has 0 atom stereocenters. The van der Waals surface area contributed by atoms with Gasteiger partial charge in [-0.3, -0.25) is 0 Å². The molecule has 0 bridgehead atoms. The molecule has 140 valence electrons. The van der Waals surface area contributed by atoms with E-state index in [0.29, 0.717) is 5.75 Å². The first kappa shape index (κ1) is 23.0. The SMILES string of the molecule is CCCCCCCCOCCCCCCCC.Oc1ccccc1. The summed E-state index contributed by atoms with van der Waals surface area (Å²) in [5, 5.41) is 8.63. The maximum Gasteiger partial charge on any atom is 0.115 e. The first-order chi connectivity index (χ1) is 11.8. The molecule has 0 amide bonds. The Labute approximate surface area is 150 Å². The molecule has 0 radical (unpaired) electrons. The fraction of sp³-hybridized carbons (Fsp3) is 0.727. The highest BCUT2D eigenvalue weighted by molar-refractivity contribution is 5.18. The van der Waals surface area contributed by atoms with E-state index in [1.165, 1.54) is 77.0 Å². The second-order valence-corrected chi connectivity index (χ2v) is 6.48. The average molecular weight is 337 g/mol. The summed E-state index contributed by atoms with van der Waals surface area (Å²) in [7, 11) is 0. The van der Waals surface area contributed by atoms with Crippen molar-refractivity contribution in [1.82, 2.24) is 0 Å². The second kappa shape index (κ2) is 20.0. The van der Waals surface area contributed by atoms with Crippen LogP contribution in [0.25, 0.3) is 0 Å². The third kappa shape index (κ3) is 19.0. The number of hydrogen-bond donors (Lipinski definition) is 1. The van der Waals surface area contributed by atoms with Crippen LogP contribution in [0.3, 0.4) is 0 Å². The molecule has 2 heteroatoms. The fourth-order valence-electron chi connectivity index (χ4n) is 2.50. The molecule has 0 aromatic heterocycles. The standard InChI is InChI=1S/C16H34O.C6H6O/c1-3-5-7-9-11-13-15-17-16-14-12-10-8-6-4-2;7-6-4-2-1-3-5-6/h3-16H2,1-2H3;1-5,7H. The van der Waals surface area contributed by atoms with Gasteiger partial charge in [0.05, 0.1) is 0 Å². The molecule has 0 unspecified atom stereocenters. The number of aromatic hydroxyl groups is 1. The van der Waals surface area contributed by atoms with Crippen LogP contribution in [0.2, 0.25) is 0 Å². The Morgan fingerprint density at radius 3 is 1.42 bits per heavy atom. The summed E-state index contributed by atoms with van der Waals surface area (Å²) in [5.41, 5.74) is 0. The van der Waals surface area contributed by atoms with Crippen LogP contribution in [0, 0.1) is 0 Å². The number of hydrogen-bond acceptors (Lipinski definition) is 2. The van der Waals surface area contributed by atoms with Crippen LogP contribution < -0.4 is 0 Å². The third-order valence-corrected chi connectivity index (χ3v) is 4.04. The summed E-state index contributed by atoms with van der Waals surface area (Å²) >= 11 is 0. The monoisotopic (exact) mass is 336 g/mol. The highest BCUT2D eigenvalue weighted by atomic mass is 16.5. The van der Waals surface area contributed by atoms with Crippen molar-refractivity contribution in [3.8, 4) is 5.75 Å². The highest BCUT2D eigenvalue weighted by Crippen LogP contribution is 2.07. The van der Waals surface area contributed by atoms with Gasteiger partial charge in [-0.05, 0) is 25.0 Å². The second-order valence-electron chi connectivity index (χ2n) is 6.48. The number of benzene rings is 1. The quantitative estimate of drug-likeness (QED) is 0.367. The molecule has 1 N–H and O–H groups in total. The van der Waals surface area contributed by atoms with Gasteiger partial charge in [0.1, 0.15) is 5.75 Å². The average Bonchev–Trinajstić information content (AvgIpc) is 2.60. The van der Waals surface area contributed by atoms with Crippen molar-refractivity contribution in [2.45, 2.75) is 90.9 Å². The third-order valence-electron chi connectivity index (χ3n) is 4.04. The Kier molecular flexibility index (Phi) is 19.2. The minimum atomic E-state index is 0.322. The van der Waals surface area contributed by atoms with Gasteiger partial charge in [0.25, 0.3) is 0 Å². The molecule has 0 saturated heterocycles. The maximum absolute atomic E-state index is 8.63. The zero-order valence-corrected chi connectivity index (χ0v) is 16.1. The van der Waals surface area contributed by atoms with E-state index < -0.39 is 0 Å². The summed E-state index contributed by atoms with van der Waals surface area (Å²) in [6.07, 6.45) is 16.3. The van der Waals surface area contributed by atoms with Crippen LogP contribution in [-0.2, 0) is 4.74 Å². The molecule has 0 heterocycles. The summed E-state index contributed by atoms with van der Waals surface area (Å²) in [4.78, 5) is 0. The molecule has 1 aromatic carbocycles. The van der Waals surface area contributed by atoms with Gasteiger partial charge in [-0.1, -0.05) is 96.3 Å². The molecule has 0 aliphatic rings. The molecule has 1 rings (SSSR count). The summed E-state index contributed by atoms with van der Waals surface area (Å²) in [6.45, 7) is 6.51. The van der Waals surface area contributed by atoms with Gasteiger partial charge < -0.3 is 9.84 Å². The lowest BCUT2D eigenvalue weighted by Crippen LogP contribution is -1.97. The molecular formula is C22H40O2. The first-order valence-corrected chi connectivity index (χ1v) is 10.1. The summed E-state index contributed by atoms with van der Waals surface area (Å²) < 4.78 is 5.65. The molecule has 0 spiro atoms. The van der Waals surface area contributed by atoms with Crippen molar-refractivity contribution in [3.63, 3.8) is 0 Å². The predicted octanol–water partition coefficient (Wildman–Crippen LogP) is 7.12. The van der Waals surface area contributed by atoms with E-state index in [1.807, 2.05) is 6.07 Å². The Morgan fingerprint density at radius 2 is 1.04 bits per heavy atom. The number of unbranched alkanes of at least 4 members (excludes halogenated alkanes) is 10. The first-order valence-electron chi connectivity index (χ1n) is 10.1. The Hall–Kier alpha value is -1.02. The molecule has 0 saturated carbocycles. The van der Waals surface area contributed by atoms with Gasteiger partial charge in [-0.15, -0.1) is 0 Å². The number of rotatable bonds is 14. The van der Waals surface area contributed by atoms with Crippen molar-refractivity contribution < 1.29 is 9.84 Å². The molecule has 2 nitrogen and oxygen atoms in total. The zero-order chi connectivity index (χ0) is 17.7. The van der Waals surface area contributed by atoms with Crippen LogP contribution in [0.15, 0.2) is 30.3 Å². The van der Waals surface area contributed by atoms with Crippen molar-refractivity contribution in [3.05, 3.63) is 30.3 Å². The van der Waals surface area contributed by atoms with Crippen LogP contribution >= 0.6 is 0 Å². The van der Waals surface area contributed by atoms with Gasteiger partial charge in [-0.25, -0.2) is 0 Å². The number of phenolic OH excluding ortho intramolecular Hbond substituents is 1. The van der Waals surface area contributed by atoms with Gasteiger partial charge in [0.2, 0.25) is 0 Å². The molecule has 0 aliphatic carbocycles. The van der Waals surface area contributed by atoms with Gasteiger partial charge in [0, 0.05) is 13.2 Å². The minimum absolute atomic E-state index is 0.322. The Balaban J connectivity index is 0.000000620. The van der Waals surface area contributed by atoms with E-state index in [2.05, 4.69) is 13.8 Å². The smallest absolute Gasteiger partial charge is 0.115 e. The van der Waals surface area contributed by atoms with Gasteiger partial charge in [-0.2, -0.15) is 0 Å². The molecule has 0 fully saturated rings. The van der Waals surface area contributed by atoms with Crippen LogP contribution in [0.1, 0.15) is 90.9 Å². The van der Waals surface area contributed by atoms with Crippen LogP contribution in [0.4, 0.5) is 0 Å². The van der Waals surface area contributed by atoms with E-state index in [9.17, 15) is 0 Å². The number of ether oxygens (including phenoxy) is 1. The minimum Gasteiger partial charge on any atom is -0.508 e. The van der Waals surface area contributed by atoms with Crippen molar-refractivity contribution >= 4 is 0 Å². The van der Waals surface area contributed by atoms with E-state index in [0.717, 1.165) is 13.2 Å². The van der Waals surface area contributed by atoms with Gasteiger partial charge in [0.15, 0.2) is 0 Å². The predicted molar refractivity (Wildman–Crippen MR) is 106 cm³/mol. The van der Waals surface area contributed by atoms with Gasteiger partial charge >= 0.3 is 0 Å². The fourth-order valence-corrected chi connectivity index (χ4v) is 2.50. The molecule has 0 aliphatic heterocycles. The lowest BCUT2D eigenvalue weighted by atomic mass is 10.1. The van der Waals surface area contributed by atoms with Crippen LogP contribution in [0.5, 0.6) is 5.75 Å². The van der Waals surface area contributed by atoms with E-state index in [4.69, 9.17) is 9.84 Å². The normalized spacial score (nSPS) is 10.2. The van der Waals surface area contributed by atoms with E-state index in [1.54, 1.807) is 24.3 Å². The maximum atomic E-state index is 8.63. The Morgan fingerprint density at radius 1 is 0.625 bits per heavy atom. The number of phenols is 1. The zero-order valence-electron chi connectivity index (χ0n) is 16.1. The molecule has 1 aromatic rings. The lowest BCUT2D eigenvalue weighted by Gasteiger charge is -2.04. The molecular weight excluding hydrogens is 296 g/mol. The summed E-state index contributed by atoms with van der Waals surface area (Å²) in [5.74, 6) is 0.322. The van der Waals surface area contributed by atoms with Crippen molar-refractivity contribution in [2.75, 3.05) is 13.2 Å². The largest absolute Gasteiger partial charge is 0.508 e. The van der Waals surface area contributed by atoms with Crippen molar-refractivity contribution in [1.29, 1.82) is 0 Å². The number of para-hydroxylation sites is 1. The Bertz CT molecular complexity index is 310. The van der Waals surface area contributed by atoms with E-state index in [-0.39, 0.29) is 0 Å². The highest BCUT2D eigenvalue weighted by Gasteiger charge is 1.92. The van der Waals surface area contributed by atoms with Crippen molar-refractivity contribution in [2.24, 2.45) is 0 Å². The van der Waals surface area contributed by atoms with E-state index >= 15 is 0 Å². The lowest BCUT2D eigenvalue weighted by molar-refractivity contribution is 0.125. The summed E-state index contributed by atoms with van der Waals surface area (Å²) in [6, 6.07) is 8.71. The van der Waals surface area contributed by atoms with Crippen LogP contribution in [-0.4, -0.2) is 18.3 Å². The molecule has 24 heavy (non-hydrogen) atoms. The topological polar surface area (TPSA) is 29.5 Å².